The highest BCUT2D eigenvalue weighted by Crippen LogP contribution is 2.18. The lowest BCUT2D eigenvalue weighted by Gasteiger charge is -2.12. The van der Waals surface area contributed by atoms with E-state index in [0.717, 1.165) is 48.2 Å². The summed E-state index contributed by atoms with van der Waals surface area (Å²) < 4.78 is 5.25. The van der Waals surface area contributed by atoms with Crippen LogP contribution in [0.5, 0.6) is 0 Å². The van der Waals surface area contributed by atoms with Gasteiger partial charge in [-0.15, -0.1) is 0 Å². The maximum Gasteiger partial charge on any atom is 0.272 e. The van der Waals surface area contributed by atoms with Gasteiger partial charge >= 0.3 is 0 Å². The molecule has 0 radical (unpaired) electrons. The van der Waals surface area contributed by atoms with Gasteiger partial charge in [-0.1, -0.05) is 24.2 Å². The molecule has 0 saturated carbocycles. The Hall–Kier alpha value is -3.00. The third-order valence-electron chi connectivity index (χ3n) is 4.71. The van der Waals surface area contributed by atoms with Crippen LogP contribution in [0.25, 0.3) is 11.5 Å². The highest BCUT2D eigenvalue weighted by atomic mass is 16.5. The number of aromatic nitrogens is 4. The van der Waals surface area contributed by atoms with Gasteiger partial charge in [-0.3, -0.25) is 9.89 Å². The quantitative estimate of drug-likeness (QED) is 0.612. The molecule has 3 heterocycles. The van der Waals surface area contributed by atoms with Crippen LogP contribution in [-0.4, -0.2) is 39.3 Å². The van der Waals surface area contributed by atoms with Crippen molar-refractivity contribution in [2.45, 2.75) is 32.7 Å². The number of nitrogens with one attached hydrogen (secondary N) is 3. The lowest BCUT2D eigenvalue weighted by atomic mass is 10.1. The van der Waals surface area contributed by atoms with Crippen LogP contribution < -0.4 is 10.6 Å². The zero-order valence-corrected chi connectivity index (χ0v) is 15.2. The minimum absolute atomic E-state index is 0.134. The summed E-state index contributed by atoms with van der Waals surface area (Å²) in [4.78, 5) is 16.7. The number of amides is 1. The van der Waals surface area contributed by atoms with E-state index in [9.17, 15) is 4.79 Å². The Labute approximate surface area is 156 Å². The molecule has 0 unspecified atom stereocenters. The van der Waals surface area contributed by atoms with Crippen LogP contribution in [0.15, 0.2) is 28.8 Å². The van der Waals surface area contributed by atoms with Crippen LogP contribution in [0.4, 0.5) is 0 Å². The third kappa shape index (κ3) is 3.75. The van der Waals surface area contributed by atoms with Crippen LogP contribution in [-0.2, 0) is 25.8 Å². The highest BCUT2D eigenvalue weighted by molar-refractivity contribution is 5.94. The smallest absolute Gasteiger partial charge is 0.272 e. The number of fused-ring (bicyclic) bond motifs is 1. The zero-order valence-electron chi connectivity index (χ0n) is 15.2. The molecule has 3 aromatic rings. The van der Waals surface area contributed by atoms with Gasteiger partial charge in [0.2, 0.25) is 0 Å². The molecule has 1 aliphatic heterocycles. The molecular formula is C19H22N6O2. The van der Waals surface area contributed by atoms with Gasteiger partial charge in [-0.05, 0) is 24.1 Å². The van der Waals surface area contributed by atoms with Crippen molar-refractivity contribution in [3.05, 3.63) is 52.6 Å². The fourth-order valence-electron chi connectivity index (χ4n) is 3.15. The number of rotatable bonds is 6. The van der Waals surface area contributed by atoms with E-state index in [1.807, 2.05) is 31.2 Å². The molecule has 2 aromatic heterocycles. The SMILES string of the molecule is CCc1noc(-c2ccc(CCNC(=O)c3n[nH]c4c3CNCC4)cc2)n1. The van der Waals surface area contributed by atoms with Gasteiger partial charge in [0.1, 0.15) is 0 Å². The Bertz CT molecular complexity index is 928. The second-order valence-electron chi connectivity index (χ2n) is 6.53. The fraction of sp³-hybridized carbons (Fsp3) is 0.368. The van der Waals surface area contributed by atoms with Gasteiger partial charge in [0.05, 0.1) is 0 Å². The molecule has 27 heavy (non-hydrogen) atoms. The van der Waals surface area contributed by atoms with Gasteiger partial charge in [-0.25, -0.2) is 0 Å². The molecule has 8 heteroatoms. The first kappa shape index (κ1) is 17.4. The van der Waals surface area contributed by atoms with Crippen molar-refractivity contribution in [3.63, 3.8) is 0 Å². The molecule has 8 nitrogen and oxygen atoms in total. The summed E-state index contributed by atoms with van der Waals surface area (Å²) in [7, 11) is 0. The van der Waals surface area contributed by atoms with Gasteiger partial charge in [0.15, 0.2) is 11.5 Å². The minimum atomic E-state index is -0.134. The largest absolute Gasteiger partial charge is 0.350 e. The number of nitrogens with zero attached hydrogens (tertiary/aromatic N) is 3. The first-order valence-corrected chi connectivity index (χ1v) is 9.21. The van der Waals surface area contributed by atoms with Gasteiger partial charge in [0, 0.05) is 49.3 Å². The van der Waals surface area contributed by atoms with E-state index in [-0.39, 0.29) is 5.91 Å². The Morgan fingerprint density at radius 1 is 1.30 bits per heavy atom. The number of aromatic amines is 1. The normalized spacial score (nSPS) is 13.4. The first-order chi connectivity index (χ1) is 13.2. The Balaban J connectivity index is 1.32. The Kier molecular flexibility index (Phi) is 4.97. The second kappa shape index (κ2) is 7.71. The molecule has 0 fully saturated rings. The van der Waals surface area contributed by atoms with Gasteiger partial charge in [0.25, 0.3) is 11.8 Å². The number of benzene rings is 1. The Morgan fingerprint density at radius 3 is 2.93 bits per heavy atom. The van der Waals surface area contributed by atoms with E-state index >= 15 is 0 Å². The fourth-order valence-corrected chi connectivity index (χ4v) is 3.15. The average Bonchev–Trinajstić information content (AvgIpc) is 3.35. The number of aryl methyl sites for hydroxylation is 1. The summed E-state index contributed by atoms with van der Waals surface area (Å²) >= 11 is 0. The molecule has 1 aromatic carbocycles. The molecular weight excluding hydrogens is 344 g/mol. The second-order valence-corrected chi connectivity index (χ2v) is 6.53. The molecule has 0 atom stereocenters. The van der Waals surface area contributed by atoms with Crippen LogP contribution in [0, 0.1) is 0 Å². The van der Waals surface area contributed by atoms with Crippen LogP contribution in [0.2, 0.25) is 0 Å². The van der Waals surface area contributed by atoms with Crippen LogP contribution in [0.3, 0.4) is 0 Å². The zero-order chi connectivity index (χ0) is 18.6. The Morgan fingerprint density at radius 2 is 2.15 bits per heavy atom. The van der Waals surface area contributed by atoms with E-state index in [2.05, 4.69) is 31.0 Å². The van der Waals surface area contributed by atoms with E-state index in [1.54, 1.807) is 0 Å². The lowest BCUT2D eigenvalue weighted by molar-refractivity contribution is 0.0948. The monoisotopic (exact) mass is 366 g/mol. The first-order valence-electron chi connectivity index (χ1n) is 9.21. The molecule has 140 valence electrons. The topological polar surface area (TPSA) is 109 Å². The van der Waals surface area contributed by atoms with E-state index < -0.39 is 0 Å². The molecule has 4 rings (SSSR count). The maximum atomic E-state index is 12.4. The van der Waals surface area contributed by atoms with Crippen molar-refractivity contribution >= 4 is 5.91 Å². The standard InChI is InChI=1S/C19H22N6O2/c1-2-16-22-19(27-25-16)13-5-3-12(4-6-13)7-10-21-18(26)17-14-11-20-9-8-15(14)23-24-17/h3-6,20H,2,7-11H2,1H3,(H,21,26)(H,23,24). The summed E-state index contributed by atoms with van der Waals surface area (Å²) in [5, 5.41) is 17.3. The average molecular weight is 366 g/mol. The van der Waals surface area contributed by atoms with E-state index in [1.165, 1.54) is 0 Å². The van der Waals surface area contributed by atoms with Crippen molar-refractivity contribution in [1.29, 1.82) is 0 Å². The van der Waals surface area contributed by atoms with E-state index in [4.69, 9.17) is 4.52 Å². The van der Waals surface area contributed by atoms with Crippen LogP contribution in [0.1, 0.15) is 40.1 Å². The summed E-state index contributed by atoms with van der Waals surface area (Å²) in [6, 6.07) is 7.94. The third-order valence-corrected chi connectivity index (χ3v) is 4.71. The molecule has 1 amide bonds. The highest BCUT2D eigenvalue weighted by Gasteiger charge is 2.21. The van der Waals surface area contributed by atoms with Crippen molar-refractivity contribution in [1.82, 2.24) is 31.0 Å². The van der Waals surface area contributed by atoms with E-state index in [0.29, 0.717) is 30.5 Å². The van der Waals surface area contributed by atoms with Crippen molar-refractivity contribution < 1.29 is 9.32 Å². The molecule has 1 aliphatic rings. The number of carbonyl (C=O) groups excluding carboxylic acids is 1. The summed E-state index contributed by atoms with van der Waals surface area (Å²) in [5.41, 5.74) is 4.55. The number of hydrogen-bond acceptors (Lipinski definition) is 6. The number of hydrogen-bond donors (Lipinski definition) is 3. The molecule has 0 aliphatic carbocycles. The predicted octanol–water partition coefficient (Wildman–Crippen LogP) is 1.64. The van der Waals surface area contributed by atoms with Crippen LogP contribution >= 0.6 is 0 Å². The summed E-state index contributed by atoms with van der Waals surface area (Å²) in [6.45, 7) is 4.14. The molecule has 0 saturated heterocycles. The van der Waals surface area contributed by atoms with Crippen molar-refractivity contribution in [2.24, 2.45) is 0 Å². The maximum absolute atomic E-state index is 12.4. The van der Waals surface area contributed by atoms with Gasteiger partial charge < -0.3 is 15.2 Å². The number of carbonyl (C=O) groups is 1. The summed E-state index contributed by atoms with van der Waals surface area (Å²) in [6.07, 6.45) is 2.36. The van der Waals surface area contributed by atoms with Crippen molar-refractivity contribution in [3.8, 4) is 11.5 Å². The van der Waals surface area contributed by atoms with Crippen molar-refractivity contribution in [2.75, 3.05) is 13.1 Å². The molecule has 3 N–H and O–H groups in total. The lowest BCUT2D eigenvalue weighted by Crippen LogP contribution is -2.29. The number of H-pyrrole nitrogens is 1. The minimum Gasteiger partial charge on any atom is -0.350 e. The predicted molar refractivity (Wildman–Crippen MR) is 99.1 cm³/mol. The molecule has 0 spiro atoms. The molecule has 0 bridgehead atoms. The summed E-state index contributed by atoms with van der Waals surface area (Å²) in [5.74, 6) is 1.10. The van der Waals surface area contributed by atoms with Gasteiger partial charge in [-0.2, -0.15) is 10.1 Å².